The fourth-order valence-electron chi connectivity index (χ4n) is 2.94. The first kappa shape index (κ1) is 19.4. The summed E-state index contributed by atoms with van der Waals surface area (Å²) in [5, 5.41) is 0. The van der Waals surface area contributed by atoms with Gasteiger partial charge >= 0.3 is 0 Å². The number of carbonyl (C=O) groups is 1. The molecule has 0 fully saturated rings. The van der Waals surface area contributed by atoms with Gasteiger partial charge in [0.25, 0.3) is 0 Å². The molecule has 1 aliphatic heterocycles. The monoisotopic (exact) mass is 392 g/mol. The number of benzene rings is 1. The van der Waals surface area contributed by atoms with Crippen LogP contribution in [0.5, 0.6) is 0 Å². The molecule has 0 spiro atoms. The summed E-state index contributed by atoms with van der Waals surface area (Å²) in [6.07, 6.45) is 2.52. The zero-order valence-corrected chi connectivity index (χ0v) is 16.0. The van der Waals surface area contributed by atoms with Crippen LogP contribution in [0.3, 0.4) is 0 Å². The fourth-order valence-corrected chi connectivity index (χ4v) is 3.69. The summed E-state index contributed by atoms with van der Waals surface area (Å²) in [5.41, 5.74) is 3.36. The van der Waals surface area contributed by atoms with E-state index in [1.807, 2.05) is 0 Å². The molecule has 2 heterocycles. The third kappa shape index (κ3) is 4.48. The molecule has 1 amide bonds. The van der Waals surface area contributed by atoms with Crippen molar-refractivity contribution in [2.24, 2.45) is 0 Å². The largest absolute Gasteiger partial charge is 0.337 e. The van der Waals surface area contributed by atoms with Crippen molar-refractivity contribution in [1.82, 2.24) is 19.2 Å². The Kier molecular flexibility index (Phi) is 5.52. The second-order valence-corrected chi connectivity index (χ2v) is 8.84. The summed E-state index contributed by atoms with van der Waals surface area (Å²) < 4.78 is 38.1. The maximum absolute atomic E-state index is 13.1. The fraction of sp³-hybridized carbons (Fsp3) is 0.389. The van der Waals surface area contributed by atoms with Gasteiger partial charge in [0.2, 0.25) is 15.9 Å². The van der Waals surface area contributed by atoms with Crippen molar-refractivity contribution >= 4 is 15.9 Å². The number of nitrogens with zero attached hydrogens (tertiary/aromatic N) is 4. The molecule has 0 saturated heterocycles. The minimum atomic E-state index is -3.61. The highest BCUT2D eigenvalue weighted by Crippen LogP contribution is 2.22. The van der Waals surface area contributed by atoms with E-state index in [2.05, 4.69) is 9.97 Å². The van der Waals surface area contributed by atoms with Crippen LogP contribution in [0.25, 0.3) is 0 Å². The van der Waals surface area contributed by atoms with Crippen molar-refractivity contribution in [3.8, 4) is 0 Å². The van der Waals surface area contributed by atoms with Crippen LogP contribution in [0.15, 0.2) is 30.6 Å². The van der Waals surface area contributed by atoms with Gasteiger partial charge in [-0.15, -0.1) is 0 Å². The van der Waals surface area contributed by atoms with E-state index in [0.29, 0.717) is 19.4 Å². The van der Waals surface area contributed by atoms with Crippen LogP contribution in [0.2, 0.25) is 0 Å². The Morgan fingerprint density at radius 1 is 1.22 bits per heavy atom. The Hall–Kier alpha value is -2.39. The Morgan fingerprint density at radius 2 is 1.93 bits per heavy atom. The minimum absolute atomic E-state index is 0.272. The average molecular weight is 392 g/mol. The van der Waals surface area contributed by atoms with Gasteiger partial charge in [-0.2, -0.15) is 0 Å². The van der Waals surface area contributed by atoms with Gasteiger partial charge < -0.3 is 4.90 Å². The maximum atomic E-state index is 13.1. The Labute approximate surface area is 157 Å². The first-order chi connectivity index (χ1) is 12.8. The molecule has 144 valence electrons. The van der Waals surface area contributed by atoms with E-state index in [1.54, 1.807) is 12.1 Å². The molecule has 3 rings (SSSR count). The van der Waals surface area contributed by atoms with Crippen LogP contribution in [0, 0.1) is 5.82 Å². The van der Waals surface area contributed by atoms with Crippen molar-refractivity contribution in [2.45, 2.75) is 19.4 Å². The van der Waals surface area contributed by atoms with Gasteiger partial charge in [-0.1, -0.05) is 12.1 Å². The van der Waals surface area contributed by atoms with Gasteiger partial charge in [0.15, 0.2) is 0 Å². The first-order valence-electron chi connectivity index (χ1n) is 8.50. The zero-order valence-electron chi connectivity index (χ0n) is 15.2. The highest BCUT2D eigenvalue weighted by atomic mass is 32.2. The first-order valence-corrected chi connectivity index (χ1v) is 10.1. The molecule has 27 heavy (non-hydrogen) atoms. The summed E-state index contributed by atoms with van der Waals surface area (Å²) in [6.45, 7) is 0.691. The topological polar surface area (TPSA) is 83.5 Å². The molecular weight excluding hydrogens is 371 g/mol. The second kappa shape index (κ2) is 7.69. The lowest BCUT2D eigenvalue weighted by Crippen LogP contribution is -2.42. The number of fused-ring (bicyclic) bond motifs is 1. The third-order valence-corrected chi connectivity index (χ3v) is 6.32. The quantitative estimate of drug-likeness (QED) is 0.758. The summed E-state index contributed by atoms with van der Waals surface area (Å²) in [7, 11) is -0.800. The molecular formula is C18H21FN4O3S. The van der Waals surface area contributed by atoms with Crippen molar-refractivity contribution in [3.05, 3.63) is 58.9 Å². The van der Waals surface area contributed by atoms with E-state index in [-0.39, 0.29) is 12.4 Å². The Morgan fingerprint density at radius 3 is 2.59 bits per heavy atom. The van der Waals surface area contributed by atoms with Crippen LogP contribution < -0.4 is 0 Å². The lowest BCUT2D eigenvalue weighted by Gasteiger charge is -2.29. The van der Waals surface area contributed by atoms with E-state index in [1.165, 1.54) is 37.5 Å². The molecule has 0 saturated carbocycles. The van der Waals surface area contributed by atoms with Crippen molar-refractivity contribution in [3.63, 3.8) is 0 Å². The number of hydrogen-bond donors (Lipinski definition) is 0. The number of halogens is 1. The van der Waals surface area contributed by atoms with Crippen LogP contribution in [-0.2, 0) is 34.2 Å². The molecule has 0 N–H and O–H groups in total. The molecule has 0 aliphatic carbocycles. The Balaban J connectivity index is 1.80. The summed E-state index contributed by atoms with van der Waals surface area (Å²) in [6, 6.07) is 6.17. The number of carbonyl (C=O) groups excluding carboxylic acids is 1. The predicted molar refractivity (Wildman–Crippen MR) is 97.8 cm³/mol. The minimum Gasteiger partial charge on any atom is -0.337 e. The maximum Gasteiger partial charge on any atom is 0.239 e. The number of hydrogen-bond acceptors (Lipinski definition) is 5. The highest BCUT2D eigenvalue weighted by Gasteiger charge is 2.28. The standard InChI is InChI=1S/C18H21FN4O3S/c1-22(2)27(25,26)11-18(24)23-8-7-16-15(10-23)17(21-12-20-16)9-13-3-5-14(19)6-4-13/h3-6,12H,7-11H2,1-2H3. The number of aromatic nitrogens is 2. The molecule has 1 aromatic heterocycles. The lowest BCUT2D eigenvalue weighted by molar-refractivity contribution is -0.129. The third-order valence-electron chi connectivity index (χ3n) is 4.59. The molecule has 0 unspecified atom stereocenters. The molecule has 9 heteroatoms. The smallest absolute Gasteiger partial charge is 0.239 e. The highest BCUT2D eigenvalue weighted by molar-refractivity contribution is 7.89. The van der Waals surface area contributed by atoms with Gasteiger partial charge in [0.1, 0.15) is 17.9 Å². The van der Waals surface area contributed by atoms with Crippen molar-refractivity contribution in [1.29, 1.82) is 0 Å². The summed E-state index contributed by atoms with van der Waals surface area (Å²) in [4.78, 5) is 22.6. The number of rotatable bonds is 5. The van der Waals surface area contributed by atoms with E-state index >= 15 is 0 Å². The molecule has 2 aromatic rings. The van der Waals surface area contributed by atoms with Gasteiger partial charge in [-0.25, -0.2) is 27.1 Å². The molecule has 1 aromatic carbocycles. The van der Waals surface area contributed by atoms with Crippen molar-refractivity contribution in [2.75, 3.05) is 26.4 Å². The van der Waals surface area contributed by atoms with Gasteiger partial charge in [0.05, 0.1) is 11.4 Å². The van der Waals surface area contributed by atoms with Crippen LogP contribution in [0.4, 0.5) is 4.39 Å². The molecule has 0 atom stereocenters. The normalized spacial score (nSPS) is 14.3. The van der Waals surface area contributed by atoms with Gasteiger partial charge in [-0.05, 0) is 17.7 Å². The van der Waals surface area contributed by atoms with E-state index < -0.39 is 21.7 Å². The second-order valence-electron chi connectivity index (χ2n) is 6.65. The number of amides is 1. The summed E-state index contributed by atoms with van der Waals surface area (Å²) >= 11 is 0. The van der Waals surface area contributed by atoms with Gasteiger partial charge in [-0.3, -0.25) is 4.79 Å². The zero-order chi connectivity index (χ0) is 19.6. The Bertz CT molecular complexity index is 946. The predicted octanol–water partition coefficient (Wildman–Crippen LogP) is 0.983. The molecule has 0 bridgehead atoms. The van der Waals surface area contributed by atoms with E-state index in [9.17, 15) is 17.6 Å². The van der Waals surface area contributed by atoms with Crippen LogP contribution in [0.1, 0.15) is 22.5 Å². The van der Waals surface area contributed by atoms with Crippen LogP contribution >= 0.6 is 0 Å². The van der Waals surface area contributed by atoms with Crippen molar-refractivity contribution < 1.29 is 17.6 Å². The van der Waals surface area contributed by atoms with E-state index in [4.69, 9.17) is 0 Å². The summed E-state index contributed by atoms with van der Waals surface area (Å²) in [5.74, 6) is -1.30. The lowest BCUT2D eigenvalue weighted by atomic mass is 9.99. The average Bonchev–Trinajstić information content (AvgIpc) is 2.63. The van der Waals surface area contributed by atoms with Gasteiger partial charge in [0, 0.05) is 45.6 Å². The number of sulfonamides is 1. The molecule has 7 nitrogen and oxygen atoms in total. The van der Waals surface area contributed by atoms with E-state index in [0.717, 1.165) is 26.8 Å². The molecule has 1 aliphatic rings. The molecule has 0 radical (unpaired) electrons. The van der Waals surface area contributed by atoms with Crippen LogP contribution in [-0.4, -0.2) is 59.9 Å². The SMILES string of the molecule is CN(C)S(=O)(=O)CC(=O)N1CCc2ncnc(Cc3ccc(F)cc3)c2C1.